The van der Waals surface area contributed by atoms with Gasteiger partial charge in [0.05, 0.1) is 5.69 Å². The third-order valence-corrected chi connectivity index (χ3v) is 3.94. The molecule has 0 heterocycles. The standard InChI is InChI=1S/C12H10Cl4N2O/c1-6-9(14)4-8(13)5-10(6)17-18-12(15,16)11(19)7-2-3-7/h4-5,7H,2-3H2,1H3. The summed E-state index contributed by atoms with van der Waals surface area (Å²) in [6.45, 7) is 1.76. The van der Waals surface area contributed by atoms with Gasteiger partial charge in [0, 0.05) is 16.0 Å². The van der Waals surface area contributed by atoms with Crippen LogP contribution in [0.4, 0.5) is 5.69 Å². The molecule has 0 spiro atoms. The van der Waals surface area contributed by atoms with E-state index >= 15 is 0 Å². The lowest BCUT2D eigenvalue weighted by Crippen LogP contribution is -2.24. The van der Waals surface area contributed by atoms with Crippen molar-refractivity contribution in [3.8, 4) is 0 Å². The van der Waals surface area contributed by atoms with Crippen molar-refractivity contribution < 1.29 is 4.79 Å². The van der Waals surface area contributed by atoms with Crippen LogP contribution in [0.3, 0.4) is 0 Å². The van der Waals surface area contributed by atoms with Gasteiger partial charge in [-0.2, -0.15) is 5.11 Å². The van der Waals surface area contributed by atoms with E-state index in [1.54, 1.807) is 19.1 Å². The van der Waals surface area contributed by atoms with Gasteiger partial charge in [0.2, 0.25) is 0 Å². The maximum absolute atomic E-state index is 11.8. The Morgan fingerprint density at radius 3 is 2.53 bits per heavy atom. The number of carbonyl (C=O) groups is 1. The molecular formula is C12H10Cl4N2O. The maximum atomic E-state index is 11.8. The highest BCUT2D eigenvalue weighted by molar-refractivity contribution is 6.58. The lowest BCUT2D eigenvalue weighted by Gasteiger charge is -2.11. The van der Waals surface area contributed by atoms with Crippen LogP contribution in [0.25, 0.3) is 0 Å². The van der Waals surface area contributed by atoms with Crippen LogP contribution in [-0.2, 0) is 4.79 Å². The molecule has 0 unspecified atom stereocenters. The highest BCUT2D eigenvalue weighted by Gasteiger charge is 2.44. The van der Waals surface area contributed by atoms with Crippen LogP contribution in [0.1, 0.15) is 18.4 Å². The average Bonchev–Trinajstić information content (AvgIpc) is 3.15. The Kier molecular flexibility index (Phi) is 4.41. The van der Waals surface area contributed by atoms with Crippen molar-refractivity contribution in [2.24, 2.45) is 16.1 Å². The number of benzene rings is 1. The van der Waals surface area contributed by atoms with Gasteiger partial charge < -0.3 is 0 Å². The molecule has 0 radical (unpaired) electrons. The van der Waals surface area contributed by atoms with E-state index in [9.17, 15) is 4.79 Å². The van der Waals surface area contributed by atoms with Gasteiger partial charge in [0.1, 0.15) is 0 Å². The number of hydrogen-bond acceptors (Lipinski definition) is 3. The first-order valence-electron chi connectivity index (χ1n) is 5.62. The molecule has 1 aliphatic rings. The van der Waals surface area contributed by atoms with Gasteiger partial charge in [-0.1, -0.05) is 46.4 Å². The minimum Gasteiger partial charge on any atom is -0.294 e. The van der Waals surface area contributed by atoms with Crippen molar-refractivity contribution in [3.05, 3.63) is 27.7 Å². The number of rotatable bonds is 4. The van der Waals surface area contributed by atoms with Gasteiger partial charge >= 0.3 is 0 Å². The molecule has 0 aromatic heterocycles. The number of azo groups is 1. The van der Waals surface area contributed by atoms with Crippen molar-refractivity contribution in [1.29, 1.82) is 0 Å². The summed E-state index contributed by atoms with van der Waals surface area (Å²) in [6.07, 6.45) is 1.61. The zero-order valence-corrected chi connectivity index (χ0v) is 13.0. The van der Waals surface area contributed by atoms with Crippen LogP contribution in [0.15, 0.2) is 22.4 Å². The molecule has 7 heteroatoms. The molecule has 19 heavy (non-hydrogen) atoms. The van der Waals surface area contributed by atoms with E-state index < -0.39 is 4.46 Å². The van der Waals surface area contributed by atoms with E-state index in [1.165, 1.54) is 0 Å². The number of carbonyl (C=O) groups excluding carboxylic acids is 1. The molecule has 3 nitrogen and oxygen atoms in total. The first-order chi connectivity index (χ1) is 8.81. The van der Waals surface area contributed by atoms with Crippen molar-refractivity contribution in [2.75, 3.05) is 0 Å². The van der Waals surface area contributed by atoms with Crippen LogP contribution in [0.5, 0.6) is 0 Å². The number of halogens is 4. The summed E-state index contributed by atoms with van der Waals surface area (Å²) in [5.41, 5.74) is 1.13. The number of Topliss-reactive ketones (excluding diaryl/α,β-unsaturated/α-hetero) is 1. The Bertz CT molecular complexity index is 553. The fraction of sp³-hybridized carbons (Fsp3) is 0.417. The number of alkyl halides is 2. The van der Waals surface area contributed by atoms with Gasteiger partial charge in [-0.15, -0.1) is 5.11 Å². The Morgan fingerprint density at radius 1 is 1.32 bits per heavy atom. The van der Waals surface area contributed by atoms with Gasteiger partial charge in [-0.25, -0.2) is 0 Å². The summed E-state index contributed by atoms with van der Waals surface area (Å²) >= 11 is 23.6. The van der Waals surface area contributed by atoms with Gasteiger partial charge in [-0.3, -0.25) is 4.79 Å². The molecule has 1 aromatic carbocycles. The molecule has 0 amide bonds. The number of hydrogen-bond donors (Lipinski definition) is 0. The number of nitrogens with zero attached hydrogens (tertiary/aromatic N) is 2. The molecule has 2 rings (SSSR count). The summed E-state index contributed by atoms with van der Waals surface area (Å²) in [6, 6.07) is 3.18. The first-order valence-corrected chi connectivity index (χ1v) is 7.13. The van der Waals surface area contributed by atoms with Crippen molar-refractivity contribution in [1.82, 2.24) is 0 Å². The van der Waals surface area contributed by atoms with E-state index in [0.717, 1.165) is 12.8 Å². The molecule has 0 atom stereocenters. The fourth-order valence-corrected chi connectivity index (χ4v) is 2.36. The van der Waals surface area contributed by atoms with E-state index in [-0.39, 0.29) is 11.7 Å². The lowest BCUT2D eigenvalue weighted by atomic mass is 10.2. The summed E-state index contributed by atoms with van der Waals surface area (Å²) in [5.74, 6) is -0.414. The van der Waals surface area contributed by atoms with E-state index in [1.807, 2.05) is 0 Å². The minimum absolute atomic E-state index is 0.0991. The number of ketones is 1. The SMILES string of the molecule is Cc1c(Cl)cc(Cl)cc1N=NC(Cl)(Cl)C(=O)C1CC1. The zero-order valence-electron chi connectivity index (χ0n) is 9.96. The summed E-state index contributed by atoms with van der Waals surface area (Å²) < 4.78 is -1.84. The molecular weight excluding hydrogens is 330 g/mol. The predicted molar refractivity (Wildman–Crippen MR) is 77.9 cm³/mol. The minimum atomic E-state index is -1.84. The third kappa shape index (κ3) is 3.60. The van der Waals surface area contributed by atoms with Crippen LogP contribution in [0.2, 0.25) is 10.0 Å². The van der Waals surface area contributed by atoms with Crippen molar-refractivity contribution in [2.45, 2.75) is 24.2 Å². The van der Waals surface area contributed by atoms with Crippen LogP contribution in [0, 0.1) is 12.8 Å². The molecule has 1 aliphatic carbocycles. The molecule has 0 bridgehead atoms. The Morgan fingerprint density at radius 2 is 1.95 bits per heavy atom. The van der Waals surface area contributed by atoms with E-state index in [0.29, 0.717) is 21.3 Å². The quantitative estimate of drug-likeness (QED) is 0.406. The summed E-state index contributed by atoms with van der Waals surface area (Å²) in [5, 5.41) is 8.51. The topological polar surface area (TPSA) is 41.8 Å². The monoisotopic (exact) mass is 338 g/mol. The highest BCUT2D eigenvalue weighted by atomic mass is 35.5. The Hall–Kier alpha value is -0.350. The second kappa shape index (κ2) is 5.57. The van der Waals surface area contributed by atoms with Crippen molar-refractivity contribution in [3.63, 3.8) is 0 Å². The largest absolute Gasteiger partial charge is 0.294 e. The zero-order chi connectivity index (χ0) is 14.2. The van der Waals surface area contributed by atoms with E-state index in [4.69, 9.17) is 46.4 Å². The Balaban J connectivity index is 2.24. The molecule has 0 aliphatic heterocycles. The first kappa shape index (κ1) is 15.0. The predicted octanol–water partition coefficient (Wildman–Crippen LogP) is 5.50. The van der Waals surface area contributed by atoms with Gasteiger partial charge in [-0.05, 0) is 37.5 Å². The van der Waals surface area contributed by atoms with Crippen LogP contribution >= 0.6 is 46.4 Å². The average molecular weight is 340 g/mol. The van der Waals surface area contributed by atoms with Crippen LogP contribution in [-0.4, -0.2) is 10.2 Å². The molecule has 1 aromatic rings. The molecule has 102 valence electrons. The summed E-state index contributed by atoms with van der Waals surface area (Å²) in [7, 11) is 0. The maximum Gasteiger partial charge on any atom is 0.286 e. The van der Waals surface area contributed by atoms with Gasteiger partial charge in [0.25, 0.3) is 4.46 Å². The molecule has 0 N–H and O–H groups in total. The normalized spacial score (nSPS) is 16.1. The second-order valence-corrected chi connectivity index (χ2v) is 6.54. The second-order valence-electron chi connectivity index (χ2n) is 4.41. The Labute approximate surface area is 130 Å². The summed E-state index contributed by atoms with van der Waals surface area (Å²) in [4.78, 5) is 11.8. The lowest BCUT2D eigenvalue weighted by molar-refractivity contribution is -0.120. The van der Waals surface area contributed by atoms with Crippen molar-refractivity contribution >= 4 is 57.9 Å². The fourth-order valence-electron chi connectivity index (χ4n) is 1.49. The third-order valence-electron chi connectivity index (χ3n) is 2.81. The molecule has 1 fully saturated rings. The van der Waals surface area contributed by atoms with E-state index in [2.05, 4.69) is 10.2 Å². The molecule has 0 saturated heterocycles. The van der Waals surface area contributed by atoms with Gasteiger partial charge in [0.15, 0.2) is 5.78 Å². The molecule has 1 saturated carbocycles. The highest BCUT2D eigenvalue weighted by Crippen LogP contribution is 2.40. The smallest absolute Gasteiger partial charge is 0.286 e. The van der Waals surface area contributed by atoms with Crippen LogP contribution < -0.4 is 0 Å².